The predicted molar refractivity (Wildman–Crippen MR) is 74.1 cm³/mol. The normalized spacial score (nSPS) is 16.1. The standard InChI is InChI=1S/C16H22N2/c1-18(10-9-14-5-2-3-6-14)13-16-8-4-7-15(11-16)12-17/h4,7-8,11,14H,2-3,5-6,9-10,13H2,1H3. The van der Waals surface area contributed by atoms with E-state index < -0.39 is 0 Å². The van der Waals surface area contributed by atoms with Crippen molar-refractivity contribution in [3.8, 4) is 6.07 Å². The Bertz CT molecular complexity index is 413. The van der Waals surface area contributed by atoms with Gasteiger partial charge in [-0.05, 0) is 43.6 Å². The molecule has 2 nitrogen and oxygen atoms in total. The fourth-order valence-corrected chi connectivity index (χ4v) is 2.83. The number of rotatable bonds is 5. The molecule has 0 aromatic heterocycles. The third kappa shape index (κ3) is 3.85. The average molecular weight is 242 g/mol. The van der Waals surface area contributed by atoms with E-state index in [0.29, 0.717) is 0 Å². The maximum atomic E-state index is 8.88. The zero-order chi connectivity index (χ0) is 12.8. The third-order valence-corrected chi connectivity index (χ3v) is 3.90. The van der Waals surface area contributed by atoms with Crippen molar-refractivity contribution in [3.05, 3.63) is 35.4 Å². The van der Waals surface area contributed by atoms with Gasteiger partial charge in [0.2, 0.25) is 0 Å². The van der Waals surface area contributed by atoms with Gasteiger partial charge in [0.25, 0.3) is 0 Å². The number of hydrogen-bond donors (Lipinski definition) is 0. The van der Waals surface area contributed by atoms with E-state index in [1.165, 1.54) is 44.2 Å². The molecule has 18 heavy (non-hydrogen) atoms. The highest BCUT2D eigenvalue weighted by Gasteiger charge is 2.15. The Morgan fingerprint density at radius 1 is 1.33 bits per heavy atom. The van der Waals surface area contributed by atoms with Crippen LogP contribution in [0, 0.1) is 17.2 Å². The molecule has 0 amide bonds. The van der Waals surface area contributed by atoms with Gasteiger partial charge in [0.05, 0.1) is 11.6 Å². The Balaban J connectivity index is 1.79. The molecule has 0 heterocycles. The first-order valence-electron chi connectivity index (χ1n) is 6.95. The lowest BCUT2D eigenvalue weighted by molar-refractivity contribution is 0.294. The van der Waals surface area contributed by atoms with Crippen molar-refractivity contribution in [2.24, 2.45) is 5.92 Å². The van der Waals surface area contributed by atoms with E-state index in [2.05, 4.69) is 24.1 Å². The average Bonchev–Trinajstić information content (AvgIpc) is 2.90. The Morgan fingerprint density at radius 3 is 2.83 bits per heavy atom. The van der Waals surface area contributed by atoms with E-state index in [1.54, 1.807) is 0 Å². The Labute approximate surface area is 110 Å². The molecule has 1 fully saturated rings. The van der Waals surface area contributed by atoms with E-state index in [0.717, 1.165) is 18.0 Å². The van der Waals surface area contributed by atoms with Gasteiger partial charge in [0.15, 0.2) is 0 Å². The predicted octanol–water partition coefficient (Wildman–Crippen LogP) is 3.57. The molecule has 2 heteroatoms. The lowest BCUT2D eigenvalue weighted by Gasteiger charge is -2.19. The van der Waals surface area contributed by atoms with E-state index in [1.807, 2.05) is 18.2 Å². The topological polar surface area (TPSA) is 27.0 Å². The molecule has 2 rings (SSSR count). The molecule has 0 bridgehead atoms. The van der Waals surface area contributed by atoms with Crippen molar-refractivity contribution in [1.82, 2.24) is 4.90 Å². The first-order chi connectivity index (χ1) is 8.78. The molecule has 1 aliphatic carbocycles. The summed E-state index contributed by atoms with van der Waals surface area (Å²) >= 11 is 0. The van der Waals surface area contributed by atoms with Crippen molar-refractivity contribution in [2.45, 2.75) is 38.6 Å². The van der Waals surface area contributed by atoms with Crippen LogP contribution in [0.25, 0.3) is 0 Å². The molecule has 0 radical (unpaired) electrons. The van der Waals surface area contributed by atoms with Crippen LogP contribution in [0.3, 0.4) is 0 Å². The van der Waals surface area contributed by atoms with Gasteiger partial charge in [-0.2, -0.15) is 5.26 Å². The highest BCUT2D eigenvalue weighted by Crippen LogP contribution is 2.27. The molecule has 0 atom stereocenters. The van der Waals surface area contributed by atoms with Crippen molar-refractivity contribution < 1.29 is 0 Å². The first-order valence-corrected chi connectivity index (χ1v) is 6.95. The van der Waals surface area contributed by atoms with Crippen molar-refractivity contribution >= 4 is 0 Å². The van der Waals surface area contributed by atoms with E-state index >= 15 is 0 Å². The summed E-state index contributed by atoms with van der Waals surface area (Å²) in [4.78, 5) is 2.37. The highest BCUT2D eigenvalue weighted by molar-refractivity contribution is 5.32. The molecule has 0 N–H and O–H groups in total. The fraction of sp³-hybridized carbons (Fsp3) is 0.562. The number of nitrogens with zero attached hydrogens (tertiary/aromatic N) is 2. The first kappa shape index (κ1) is 13.1. The summed E-state index contributed by atoms with van der Waals surface area (Å²) < 4.78 is 0. The minimum Gasteiger partial charge on any atom is -0.302 e. The monoisotopic (exact) mass is 242 g/mol. The lowest BCUT2D eigenvalue weighted by atomic mass is 10.0. The molecule has 0 unspecified atom stereocenters. The van der Waals surface area contributed by atoms with Crippen molar-refractivity contribution in [2.75, 3.05) is 13.6 Å². The Hall–Kier alpha value is -1.33. The zero-order valence-electron chi connectivity index (χ0n) is 11.2. The SMILES string of the molecule is CN(CCC1CCCC1)Cc1cccc(C#N)c1. The number of hydrogen-bond acceptors (Lipinski definition) is 2. The maximum absolute atomic E-state index is 8.88. The second kappa shape index (κ2) is 6.56. The summed E-state index contributed by atoms with van der Waals surface area (Å²) in [5.74, 6) is 0.956. The minimum absolute atomic E-state index is 0.761. The molecule has 1 saturated carbocycles. The fourth-order valence-electron chi connectivity index (χ4n) is 2.83. The largest absolute Gasteiger partial charge is 0.302 e. The molecule has 0 spiro atoms. The maximum Gasteiger partial charge on any atom is 0.0991 e. The van der Waals surface area contributed by atoms with Crippen LogP contribution in [0.5, 0.6) is 0 Å². The van der Waals surface area contributed by atoms with Gasteiger partial charge in [-0.1, -0.05) is 37.8 Å². The van der Waals surface area contributed by atoms with Crippen LogP contribution in [0.1, 0.15) is 43.2 Å². The smallest absolute Gasteiger partial charge is 0.0991 e. The second-order valence-corrected chi connectivity index (χ2v) is 5.49. The lowest BCUT2D eigenvalue weighted by Crippen LogP contribution is -2.20. The van der Waals surface area contributed by atoms with Gasteiger partial charge >= 0.3 is 0 Å². The van der Waals surface area contributed by atoms with Crippen LogP contribution in [0.4, 0.5) is 0 Å². The van der Waals surface area contributed by atoms with Gasteiger partial charge in [0, 0.05) is 6.54 Å². The molecule has 1 aromatic carbocycles. The zero-order valence-corrected chi connectivity index (χ0v) is 11.2. The second-order valence-electron chi connectivity index (χ2n) is 5.49. The molecule has 96 valence electrons. The van der Waals surface area contributed by atoms with E-state index in [9.17, 15) is 0 Å². The van der Waals surface area contributed by atoms with Crippen LogP contribution >= 0.6 is 0 Å². The van der Waals surface area contributed by atoms with Gasteiger partial charge < -0.3 is 4.90 Å². The van der Waals surface area contributed by atoms with Crippen molar-refractivity contribution in [1.29, 1.82) is 5.26 Å². The molecule has 0 aliphatic heterocycles. The summed E-state index contributed by atoms with van der Waals surface area (Å²) in [5, 5.41) is 8.88. The summed E-state index contributed by atoms with van der Waals surface area (Å²) in [6.45, 7) is 2.11. The van der Waals surface area contributed by atoms with Gasteiger partial charge in [-0.3, -0.25) is 0 Å². The minimum atomic E-state index is 0.761. The molecule has 0 saturated heterocycles. The van der Waals surface area contributed by atoms with E-state index in [-0.39, 0.29) is 0 Å². The van der Waals surface area contributed by atoms with Crippen LogP contribution in [0.15, 0.2) is 24.3 Å². The van der Waals surface area contributed by atoms with Crippen LogP contribution in [-0.4, -0.2) is 18.5 Å². The number of benzene rings is 1. The van der Waals surface area contributed by atoms with Gasteiger partial charge in [-0.25, -0.2) is 0 Å². The molecular weight excluding hydrogens is 220 g/mol. The van der Waals surface area contributed by atoms with Crippen LogP contribution < -0.4 is 0 Å². The molecule has 1 aromatic rings. The highest BCUT2D eigenvalue weighted by atomic mass is 15.1. The van der Waals surface area contributed by atoms with Gasteiger partial charge in [-0.15, -0.1) is 0 Å². The quantitative estimate of drug-likeness (QED) is 0.789. The Kier molecular flexibility index (Phi) is 4.78. The molecule has 1 aliphatic rings. The summed E-state index contributed by atoms with van der Waals surface area (Å²) in [7, 11) is 2.17. The molecular formula is C16H22N2. The summed E-state index contributed by atoms with van der Waals surface area (Å²) in [5.41, 5.74) is 2.00. The van der Waals surface area contributed by atoms with Crippen LogP contribution in [-0.2, 0) is 6.54 Å². The Morgan fingerprint density at radius 2 is 2.11 bits per heavy atom. The van der Waals surface area contributed by atoms with Crippen LogP contribution in [0.2, 0.25) is 0 Å². The number of nitriles is 1. The van der Waals surface area contributed by atoms with Gasteiger partial charge in [0.1, 0.15) is 0 Å². The summed E-state index contributed by atoms with van der Waals surface area (Å²) in [6.07, 6.45) is 7.04. The van der Waals surface area contributed by atoms with E-state index in [4.69, 9.17) is 5.26 Å². The third-order valence-electron chi connectivity index (χ3n) is 3.90. The summed E-state index contributed by atoms with van der Waals surface area (Å²) in [6, 6.07) is 10.1. The van der Waals surface area contributed by atoms with Crippen molar-refractivity contribution in [3.63, 3.8) is 0 Å².